The molecule has 0 aromatic carbocycles. The van der Waals surface area contributed by atoms with E-state index in [0.29, 0.717) is 6.04 Å². The number of rotatable bonds is 2. The first-order valence-corrected chi connectivity index (χ1v) is 8.50. The van der Waals surface area contributed by atoms with Gasteiger partial charge in [0, 0.05) is 25.7 Å². The van der Waals surface area contributed by atoms with E-state index in [2.05, 4.69) is 26.5 Å². The zero-order valence-electron chi connectivity index (χ0n) is 12.8. The zero-order valence-corrected chi connectivity index (χ0v) is 13.6. The number of aryl methyl sites for hydroxylation is 2. The summed E-state index contributed by atoms with van der Waals surface area (Å²) in [6, 6.07) is 1.28. The summed E-state index contributed by atoms with van der Waals surface area (Å²) < 4.78 is 5.21. The first-order valence-electron chi connectivity index (χ1n) is 8.09. The van der Waals surface area contributed by atoms with Crippen LogP contribution >= 0.6 is 12.2 Å². The van der Waals surface area contributed by atoms with Gasteiger partial charge >= 0.3 is 0 Å². The molecule has 0 bridgehead atoms. The molecule has 2 unspecified atom stereocenters. The van der Waals surface area contributed by atoms with Gasteiger partial charge in [-0.2, -0.15) is 5.10 Å². The van der Waals surface area contributed by atoms with Crippen molar-refractivity contribution in [3.8, 4) is 0 Å². The largest absolute Gasteiger partial charge is 0.328 e. The summed E-state index contributed by atoms with van der Waals surface area (Å²) in [5, 5.41) is 4.64. The minimum Gasteiger partial charge on any atom is -0.328 e. The maximum Gasteiger partial charge on any atom is 0.179 e. The lowest BCUT2D eigenvalue weighted by molar-refractivity contribution is 0.156. The molecule has 4 heterocycles. The number of aromatic amines is 1. The minimum atomic E-state index is 0.519. The fourth-order valence-electron chi connectivity index (χ4n) is 4.26. The summed E-state index contributed by atoms with van der Waals surface area (Å²) >= 11 is 5.63. The van der Waals surface area contributed by atoms with Crippen molar-refractivity contribution in [2.75, 3.05) is 13.1 Å². The van der Waals surface area contributed by atoms with E-state index in [1.54, 1.807) is 0 Å². The summed E-state index contributed by atoms with van der Waals surface area (Å²) in [6.07, 6.45) is 6.08. The van der Waals surface area contributed by atoms with Crippen molar-refractivity contribution in [3.05, 3.63) is 10.5 Å². The van der Waals surface area contributed by atoms with Gasteiger partial charge in [0.2, 0.25) is 0 Å². The molecule has 2 aromatic heterocycles. The van der Waals surface area contributed by atoms with E-state index in [0.717, 1.165) is 28.4 Å². The number of imidazole rings is 1. The maximum absolute atomic E-state index is 5.63. The van der Waals surface area contributed by atoms with E-state index >= 15 is 0 Å². The van der Waals surface area contributed by atoms with Crippen LogP contribution in [0, 0.1) is 4.77 Å². The molecular weight excluding hydrogens is 282 g/mol. The third kappa shape index (κ3) is 1.99. The van der Waals surface area contributed by atoms with Crippen molar-refractivity contribution in [1.29, 1.82) is 0 Å². The smallest absolute Gasteiger partial charge is 0.179 e. The van der Waals surface area contributed by atoms with Crippen LogP contribution in [0.5, 0.6) is 0 Å². The second kappa shape index (κ2) is 4.95. The Bertz CT molecular complexity index is 724. The molecule has 0 spiro atoms. The lowest BCUT2D eigenvalue weighted by Gasteiger charge is -2.35. The number of nitrogens with one attached hydrogen (secondary N) is 1. The molecule has 1 N–H and O–H groups in total. The number of piperidine rings is 1. The summed E-state index contributed by atoms with van der Waals surface area (Å²) in [5.41, 5.74) is 3.43. The monoisotopic (exact) mass is 305 g/mol. The average molecular weight is 305 g/mol. The quantitative estimate of drug-likeness (QED) is 0.868. The maximum atomic E-state index is 5.63. The van der Waals surface area contributed by atoms with E-state index in [4.69, 9.17) is 12.2 Å². The van der Waals surface area contributed by atoms with Crippen LogP contribution in [0.3, 0.4) is 0 Å². The number of nitrogens with zero attached hydrogens (tertiary/aromatic N) is 4. The van der Waals surface area contributed by atoms with Gasteiger partial charge in [-0.1, -0.05) is 6.92 Å². The Morgan fingerprint density at radius 1 is 1.29 bits per heavy atom. The standard InChI is InChI=1S/C15H23N5S/c1-3-12-13-14(18(2)17-12)20(15(21)16-13)11-6-8-19-7-4-5-10(19)9-11/h10-11H,3-9H2,1-2H3,(H,16,21). The zero-order chi connectivity index (χ0) is 14.6. The van der Waals surface area contributed by atoms with Crippen molar-refractivity contribution in [3.63, 3.8) is 0 Å². The van der Waals surface area contributed by atoms with Crippen LogP contribution in [0.1, 0.15) is 44.3 Å². The van der Waals surface area contributed by atoms with Crippen molar-refractivity contribution < 1.29 is 0 Å². The second-order valence-corrected chi connectivity index (χ2v) is 6.82. The van der Waals surface area contributed by atoms with E-state index in [1.807, 2.05) is 11.7 Å². The first kappa shape index (κ1) is 13.5. The number of hydrogen-bond donors (Lipinski definition) is 1. The van der Waals surface area contributed by atoms with Crippen molar-refractivity contribution in [1.82, 2.24) is 24.2 Å². The van der Waals surface area contributed by atoms with Crippen LogP contribution in [0.2, 0.25) is 0 Å². The van der Waals surface area contributed by atoms with Gasteiger partial charge < -0.3 is 9.88 Å². The Labute approximate surface area is 129 Å². The third-order valence-corrected chi connectivity index (χ3v) is 5.56. The molecule has 2 saturated heterocycles. The third-order valence-electron chi connectivity index (χ3n) is 5.26. The highest BCUT2D eigenvalue weighted by atomic mass is 32.1. The van der Waals surface area contributed by atoms with Crippen LogP contribution in [0.15, 0.2) is 0 Å². The fourth-order valence-corrected chi connectivity index (χ4v) is 4.60. The molecule has 2 aromatic rings. The van der Waals surface area contributed by atoms with Gasteiger partial charge in [0.1, 0.15) is 5.52 Å². The Balaban J connectivity index is 1.78. The highest BCUT2D eigenvalue weighted by Gasteiger charge is 2.33. The van der Waals surface area contributed by atoms with Gasteiger partial charge in [0.15, 0.2) is 10.4 Å². The predicted octanol–water partition coefficient (Wildman–Crippen LogP) is 2.79. The lowest BCUT2D eigenvalue weighted by Crippen LogP contribution is -2.38. The molecule has 2 atom stereocenters. The van der Waals surface area contributed by atoms with Gasteiger partial charge in [0.25, 0.3) is 0 Å². The molecule has 4 rings (SSSR count). The van der Waals surface area contributed by atoms with Crippen LogP contribution in [-0.4, -0.2) is 43.4 Å². The Kier molecular flexibility index (Phi) is 3.19. The van der Waals surface area contributed by atoms with E-state index in [9.17, 15) is 0 Å². The summed E-state index contributed by atoms with van der Waals surface area (Å²) in [5.74, 6) is 0. The number of aromatic nitrogens is 4. The molecule has 0 radical (unpaired) electrons. The molecule has 0 amide bonds. The molecular formula is C15H23N5S. The molecule has 5 nitrogen and oxygen atoms in total. The second-order valence-electron chi connectivity index (χ2n) is 6.43. The summed E-state index contributed by atoms with van der Waals surface area (Å²) in [4.78, 5) is 6.06. The molecule has 0 saturated carbocycles. The molecule has 2 aliphatic rings. The normalized spacial score (nSPS) is 26.6. The summed E-state index contributed by atoms with van der Waals surface area (Å²) in [6.45, 7) is 4.65. The molecule has 0 aliphatic carbocycles. The van der Waals surface area contributed by atoms with Crippen molar-refractivity contribution in [2.45, 2.75) is 51.1 Å². The van der Waals surface area contributed by atoms with E-state index < -0.39 is 0 Å². The Morgan fingerprint density at radius 2 is 2.14 bits per heavy atom. The topological polar surface area (TPSA) is 41.8 Å². The average Bonchev–Trinajstić information content (AvgIpc) is 3.13. The lowest BCUT2D eigenvalue weighted by atomic mass is 9.97. The SMILES string of the molecule is CCc1nn(C)c2c1[nH]c(=S)n2C1CCN2CCCC2C1. The van der Waals surface area contributed by atoms with Crippen LogP contribution in [0.4, 0.5) is 0 Å². The van der Waals surface area contributed by atoms with Crippen molar-refractivity contribution in [2.24, 2.45) is 7.05 Å². The van der Waals surface area contributed by atoms with Crippen LogP contribution in [0.25, 0.3) is 11.2 Å². The molecule has 2 fully saturated rings. The number of hydrogen-bond acceptors (Lipinski definition) is 3. The van der Waals surface area contributed by atoms with Crippen molar-refractivity contribution >= 4 is 23.4 Å². The minimum absolute atomic E-state index is 0.519. The molecule has 114 valence electrons. The Hall–Kier alpha value is -1.14. The highest BCUT2D eigenvalue weighted by molar-refractivity contribution is 7.71. The van der Waals surface area contributed by atoms with E-state index in [-0.39, 0.29) is 0 Å². The highest BCUT2D eigenvalue weighted by Crippen LogP contribution is 2.35. The Morgan fingerprint density at radius 3 is 2.95 bits per heavy atom. The predicted molar refractivity (Wildman–Crippen MR) is 86.1 cm³/mol. The van der Waals surface area contributed by atoms with Gasteiger partial charge in [-0.3, -0.25) is 9.25 Å². The van der Waals surface area contributed by atoms with Gasteiger partial charge in [-0.15, -0.1) is 0 Å². The van der Waals surface area contributed by atoms with Gasteiger partial charge in [-0.05, 0) is 50.9 Å². The molecule has 21 heavy (non-hydrogen) atoms. The summed E-state index contributed by atoms with van der Waals surface area (Å²) in [7, 11) is 2.03. The molecule has 6 heteroatoms. The van der Waals surface area contributed by atoms with Crippen LogP contribution in [-0.2, 0) is 13.5 Å². The molecule has 2 aliphatic heterocycles. The fraction of sp³-hybridized carbons (Fsp3) is 0.733. The van der Waals surface area contributed by atoms with E-state index in [1.165, 1.54) is 44.4 Å². The number of H-pyrrole nitrogens is 1. The van der Waals surface area contributed by atoms with Gasteiger partial charge in [-0.25, -0.2) is 0 Å². The number of fused-ring (bicyclic) bond motifs is 2. The first-order chi connectivity index (χ1) is 10.2. The van der Waals surface area contributed by atoms with Gasteiger partial charge in [0.05, 0.1) is 5.69 Å². The van der Waals surface area contributed by atoms with Crippen LogP contribution < -0.4 is 0 Å².